The van der Waals surface area contributed by atoms with Gasteiger partial charge in [-0.05, 0) is 43.1 Å². The quantitative estimate of drug-likeness (QED) is 0.463. The van der Waals surface area contributed by atoms with Gasteiger partial charge >= 0.3 is 0 Å². The van der Waals surface area contributed by atoms with E-state index < -0.39 is 6.29 Å². The first-order valence-corrected chi connectivity index (χ1v) is 11.6. The van der Waals surface area contributed by atoms with E-state index in [1.165, 1.54) is 0 Å². The Balaban J connectivity index is 1.93. The SMILES string of the molecule is CC[C@H](OC)[C@@H](C)[C@@H]1C[C@H]1[C@H](O)[C@@H](C)/C=C/C=C(\C)[C@@H]1O[C@@H](OC)[C@H](OC)C[C@@H]1OC. The van der Waals surface area contributed by atoms with Crippen LogP contribution in [-0.2, 0) is 23.7 Å². The van der Waals surface area contributed by atoms with Crippen LogP contribution >= 0.6 is 0 Å². The van der Waals surface area contributed by atoms with Crippen molar-refractivity contribution in [3.8, 4) is 0 Å². The Bertz CT molecular complexity index is 587. The lowest BCUT2D eigenvalue weighted by molar-refractivity contribution is -0.256. The minimum Gasteiger partial charge on any atom is -0.392 e. The van der Waals surface area contributed by atoms with Crippen LogP contribution in [0, 0.1) is 23.7 Å². The van der Waals surface area contributed by atoms with E-state index >= 15 is 0 Å². The van der Waals surface area contributed by atoms with E-state index in [0.29, 0.717) is 24.2 Å². The molecular formula is C25H44O6. The van der Waals surface area contributed by atoms with Crippen molar-refractivity contribution in [2.75, 3.05) is 28.4 Å². The Morgan fingerprint density at radius 1 is 1.03 bits per heavy atom. The van der Waals surface area contributed by atoms with Gasteiger partial charge in [0.2, 0.25) is 0 Å². The molecule has 31 heavy (non-hydrogen) atoms. The first kappa shape index (κ1) is 26.5. The van der Waals surface area contributed by atoms with E-state index in [2.05, 4.69) is 26.8 Å². The third-order valence-corrected chi connectivity index (χ3v) is 7.28. The summed E-state index contributed by atoms with van der Waals surface area (Å²) in [6.07, 6.45) is 8.05. The van der Waals surface area contributed by atoms with Gasteiger partial charge in [0.15, 0.2) is 6.29 Å². The first-order chi connectivity index (χ1) is 14.8. The van der Waals surface area contributed by atoms with Gasteiger partial charge in [-0.1, -0.05) is 39.0 Å². The van der Waals surface area contributed by atoms with Gasteiger partial charge in [-0.3, -0.25) is 0 Å². The maximum absolute atomic E-state index is 10.8. The smallest absolute Gasteiger partial charge is 0.184 e. The molecule has 10 atom stereocenters. The molecule has 180 valence electrons. The minimum absolute atomic E-state index is 0.0870. The van der Waals surface area contributed by atoms with Gasteiger partial charge in [0.25, 0.3) is 0 Å². The van der Waals surface area contributed by atoms with E-state index in [4.69, 9.17) is 23.7 Å². The number of hydrogen-bond donors (Lipinski definition) is 1. The highest BCUT2D eigenvalue weighted by Crippen LogP contribution is 2.49. The lowest BCUT2D eigenvalue weighted by atomic mass is 9.91. The molecule has 1 aliphatic heterocycles. The van der Waals surface area contributed by atoms with E-state index in [1.807, 2.05) is 19.1 Å². The van der Waals surface area contributed by atoms with Crippen LogP contribution in [0.3, 0.4) is 0 Å². The fourth-order valence-electron chi connectivity index (χ4n) is 5.06. The van der Waals surface area contributed by atoms with Crippen molar-refractivity contribution >= 4 is 0 Å². The molecule has 2 aliphatic rings. The summed E-state index contributed by atoms with van der Waals surface area (Å²) >= 11 is 0. The molecule has 1 aliphatic carbocycles. The van der Waals surface area contributed by atoms with Crippen molar-refractivity contribution in [1.29, 1.82) is 0 Å². The molecule has 6 heteroatoms. The average Bonchev–Trinajstić information content (AvgIpc) is 3.58. The van der Waals surface area contributed by atoms with Crippen LogP contribution in [0.2, 0.25) is 0 Å². The number of aliphatic hydroxyl groups is 1. The predicted octanol–water partition coefficient (Wildman–Crippen LogP) is 3.97. The van der Waals surface area contributed by atoms with E-state index in [0.717, 1.165) is 18.4 Å². The third-order valence-electron chi connectivity index (χ3n) is 7.28. The Labute approximate surface area is 188 Å². The average molecular weight is 441 g/mol. The molecule has 2 rings (SSSR count). The summed E-state index contributed by atoms with van der Waals surface area (Å²) < 4.78 is 28.3. The standard InChI is InChI=1S/C25H44O6/c1-9-20(27-5)17(4)18-13-19(18)23(26)15(2)11-10-12-16(3)24-21(28-6)14-22(29-7)25(30-8)31-24/h10-12,15,17-26H,9,13-14H2,1-8H3/b11-10+,16-12+/t15-,17-,18-,19+,20-,21-,22+,23+,24-,25+/m0/s1. The fourth-order valence-corrected chi connectivity index (χ4v) is 5.06. The van der Waals surface area contributed by atoms with Crippen molar-refractivity contribution < 1.29 is 28.8 Å². The lowest BCUT2D eigenvalue weighted by Crippen LogP contribution is -2.49. The fraction of sp³-hybridized carbons (Fsp3) is 0.840. The zero-order valence-corrected chi connectivity index (χ0v) is 20.6. The van der Waals surface area contributed by atoms with Gasteiger partial charge in [0.1, 0.15) is 12.2 Å². The molecule has 0 aromatic rings. The molecule has 1 N–H and O–H groups in total. The summed E-state index contributed by atoms with van der Waals surface area (Å²) in [7, 11) is 6.77. The minimum atomic E-state index is -0.415. The second kappa shape index (κ2) is 12.5. The van der Waals surface area contributed by atoms with Crippen LogP contribution < -0.4 is 0 Å². The van der Waals surface area contributed by atoms with Gasteiger partial charge < -0.3 is 28.8 Å². The largest absolute Gasteiger partial charge is 0.392 e. The number of allylic oxidation sites excluding steroid dienone is 2. The Morgan fingerprint density at radius 2 is 1.71 bits per heavy atom. The summed E-state index contributed by atoms with van der Waals surface area (Å²) in [5.74, 6) is 1.47. The summed E-state index contributed by atoms with van der Waals surface area (Å²) in [4.78, 5) is 0. The van der Waals surface area contributed by atoms with E-state index in [-0.39, 0.29) is 36.4 Å². The molecule has 2 fully saturated rings. The molecule has 0 spiro atoms. The first-order valence-electron chi connectivity index (χ1n) is 11.6. The van der Waals surface area contributed by atoms with Crippen LogP contribution in [0.1, 0.15) is 47.0 Å². The summed E-state index contributed by atoms with van der Waals surface area (Å²) in [5.41, 5.74) is 1.06. The number of hydrogen-bond acceptors (Lipinski definition) is 6. The van der Waals surface area contributed by atoms with Gasteiger partial charge in [0, 0.05) is 40.8 Å². The maximum atomic E-state index is 10.8. The molecule has 0 radical (unpaired) electrons. The van der Waals surface area contributed by atoms with Crippen molar-refractivity contribution in [1.82, 2.24) is 0 Å². The molecule has 6 nitrogen and oxygen atoms in total. The summed E-state index contributed by atoms with van der Waals surface area (Å²) in [6, 6.07) is 0. The second-order valence-corrected chi connectivity index (χ2v) is 9.20. The van der Waals surface area contributed by atoms with E-state index in [9.17, 15) is 5.11 Å². The van der Waals surface area contributed by atoms with Gasteiger partial charge in [-0.15, -0.1) is 0 Å². The monoisotopic (exact) mass is 440 g/mol. The van der Waals surface area contributed by atoms with Gasteiger partial charge in [-0.2, -0.15) is 0 Å². The molecule has 0 bridgehead atoms. The van der Waals surface area contributed by atoms with Crippen LogP contribution in [-0.4, -0.2) is 70.4 Å². The maximum Gasteiger partial charge on any atom is 0.184 e. The highest BCUT2D eigenvalue weighted by atomic mass is 16.7. The molecule has 0 unspecified atom stereocenters. The van der Waals surface area contributed by atoms with Gasteiger partial charge in [-0.25, -0.2) is 0 Å². The number of aliphatic hydroxyl groups excluding tert-OH is 1. The number of ether oxygens (including phenoxy) is 5. The molecule has 1 saturated carbocycles. The Kier molecular flexibility index (Phi) is 10.7. The normalized spacial score (nSPS) is 35.7. The number of methoxy groups -OCH3 is 4. The molecular weight excluding hydrogens is 396 g/mol. The summed E-state index contributed by atoms with van der Waals surface area (Å²) in [6.45, 7) is 8.53. The van der Waals surface area contributed by atoms with Crippen LogP contribution in [0.4, 0.5) is 0 Å². The van der Waals surface area contributed by atoms with E-state index in [1.54, 1.807) is 28.4 Å². The van der Waals surface area contributed by atoms with Crippen molar-refractivity contribution in [3.63, 3.8) is 0 Å². The molecule has 0 aromatic carbocycles. The highest BCUT2D eigenvalue weighted by Gasteiger charge is 2.48. The zero-order valence-electron chi connectivity index (χ0n) is 20.6. The molecule has 0 amide bonds. The molecule has 0 aromatic heterocycles. The number of rotatable bonds is 12. The summed E-state index contributed by atoms with van der Waals surface area (Å²) in [5, 5.41) is 10.8. The Hall–Kier alpha value is -0.760. The molecule has 1 saturated heterocycles. The van der Waals surface area contributed by atoms with Crippen molar-refractivity contribution in [2.24, 2.45) is 23.7 Å². The van der Waals surface area contributed by atoms with Crippen molar-refractivity contribution in [3.05, 3.63) is 23.8 Å². The third kappa shape index (κ3) is 6.62. The molecule has 1 heterocycles. The topological polar surface area (TPSA) is 66.4 Å². The zero-order chi connectivity index (χ0) is 23.1. The predicted molar refractivity (Wildman–Crippen MR) is 122 cm³/mol. The lowest BCUT2D eigenvalue weighted by Gasteiger charge is -2.39. The van der Waals surface area contributed by atoms with Crippen LogP contribution in [0.15, 0.2) is 23.8 Å². The van der Waals surface area contributed by atoms with Crippen LogP contribution in [0.5, 0.6) is 0 Å². The second-order valence-electron chi connectivity index (χ2n) is 9.20. The Morgan fingerprint density at radius 3 is 2.26 bits per heavy atom. The highest BCUT2D eigenvalue weighted by molar-refractivity contribution is 5.18. The van der Waals surface area contributed by atoms with Gasteiger partial charge in [0.05, 0.1) is 18.3 Å². The van der Waals surface area contributed by atoms with Crippen LogP contribution in [0.25, 0.3) is 0 Å². The van der Waals surface area contributed by atoms with Crippen molar-refractivity contribution in [2.45, 2.75) is 83.8 Å².